The van der Waals surface area contributed by atoms with E-state index in [1.165, 1.54) is 0 Å². The molecule has 56 heteroatoms. The van der Waals surface area contributed by atoms with Crippen LogP contribution in [0.15, 0.2) is 0 Å². The third-order valence-corrected chi connectivity index (χ3v) is 0. The van der Waals surface area contributed by atoms with Crippen LogP contribution in [0, 0.1) is 0 Å². The van der Waals surface area contributed by atoms with E-state index in [0.717, 1.165) is 0 Å². The van der Waals surface area contributed by atoms with Gasteiger partial charge in [0.1, 0.15) is 0 Å². The Morgan fingerprint density at radius 2 is 0.143 bits per heavy atom. The standard InChI is InChI=1S/10H3O4P.3W.3Zr/c10*1-5(2,3)4;;;;;;/h10*(H3,1,2,3,4);;;;;;/q;;;;;;;;;;3*+6;3*+4/p-30. The average molecular weight is 1770 g/mol. The van der Waals surface area contributed by atoms with Gasteiger partial charge in [-0.05, 0) is 0 Å². The molecule has 0 heterocycles. The van der Waals surface area contributed by atoms with Gasteiger partial charge < -0.3 is 192 Å². The first-order valence-electron chi connectivity index (χ1n) is 7.30. The zero-order chi connectivity index (χ0) is 45.0. The molecule has 0 saturated carbocycles. The molecular formula is O40P10W3Zr3. The number of phosphoric acid groups is 10. The van der Waals surface area contributed by atoms with E-state index in [1.54, 1.807) is 0 Å². The second-order valence-electron chi connectivity index (χ2n) is 4.47. The van der Waals surface area contributed by atoms with Gasteiger partial charge in [0.25, 0.3) is 0 Å². The van der Waals surface area contributed by atoms with Gasteiger partial charge in [0, 0.05) is 0 Å². The molecule has 40 nitrogen and oxygen atoms in total. The Hall–Kier alpha value is 5.81. The Labute approximate surface area is 408 Å². The van der Waals surface area contributed by atoms with Gasteiger partial charge in [-0.25, -0.2) is 0 Å². The summed E-state index contributed by atoms with van der Waals surface area (Å²) in [7, 11) is -53.9. The van der Waals surface area contributed by atoms with Crippen molar-refractivity contribution in [3.8, 4) is 0 Å². The minimum atomic E-state index is -5.39. The predicted molar refractivity (Wildman–Crippen MR) is 76.1 cm³/mol. The van der Waals surface area contributed by atoms with E-state index < -0.39 is 78.2 Å². The first-order chi connectivity index (χ1) is 20.0. The Balaban J connectivity index is -0.0000000224. The predicted octanol–water partition coefficient (Wildman–Crippen LogP) is -28.3. The van der Waals surface area contributed by atoms with Crippen molar-refractivity contribution in [2.75, 3.05) is 0 Å². The fourth-order valence-electron chi connectivity index (χ4n) is 0. The van der Waals surface area contributed by atoms with Crippen LogP contribution in [0.4, 0.5) is 0 Å². The van der Waals surface area contributed by atoms with Gasteiger partial charge in [0.15, 0.2) is 0 Å². The van der Waals surface area contributed by atoms with Crippen molar-refractivity contribution in [3.05, 3.63) is 0 Å². The Kier molecular flexibility index (Phi) is 97.7. The van der Waals surface area contributed by atoms with Crippen LogP contribution in [0.3, 0.4) is 0 Å². The smallest absolute Gasteiger partial charge is 0.822 e. The third kappa shape index (κ3) is 6120. The summed E-state index contributed by atoms with van der Waals surface area (Å²) in [5.41, 5.74) is 0. The van der Waals surface area contributed by atoms with Gasteiger partial charge in [0.05, 0.1) is 0 Å². The Morgan fingerprint density at radius 3 is 0.143 bits per heavy atom. The summed E-state index contributed by atoms with van der Waals surface area (Å²) in [6, 6.07) is 0. The summed E-state index contributed by atoms with van der Waals surface area (Å²) in [4.78, 5) is 256. The van der Waals surface area contributed by atoms with Crippen molar-refractivity contribution in [1.82, 2.24) is 0 Å². The summed E-state index contributed by atoms with van der Waals surface area (Å²) in [6.45, 7) is 0. The van der Waals surface area contributed by atoms with Crippen molar-refractivity contribution in [2.45, 2.75) is 0 Å². The van der Waals surface area contributed by atoms with E-state index >= 15 is 0 Å². The molecule has 0 fully saturated rings. The molecule has 0 atom stereocenters. The van der Waals surface area contributed by atoms with E-state index in [2.05, 4.69) is 0 Å². The number of hydrogen-bond donors (Lipinski definition) is 0. The summed E-state index contributed by atoms with van der Waals surface area (Å²) < 4.78 is 85.5. The van der Waals surface area contributed by atoms with Crippen molar-refractivity contribution in [3.63, 3.8) is 0 Å². The molecule has 0 aromatic carbocycles. The van der Waals surface area contributed by atoms with E-state index in [-0.39, 0.29) is 142 Å². The van der Waals surface area contributed by atoms with Crippen LogP contribution < -0.4 is 147 Å². The van der Waals surface area contributed by atoms with Gasteiger partial charge >= 0.3 is 142 Å². The topological polar surface area (TPSA) is 862 Å². The fraction of sp³-hybridized carbons (Fsp3) is 0. The number of hydrogen-bond acceptors (Lipinski definition) is 40. The summed E-state index contributed by atoms with van der Waals surface area (Å²) >= 11 is 0. The van der Waals surface area contributed by atoms with Crippen LogP contribution in [-0.2, 0) is 187 Å². The SMILES string of the molecule is O=P([O-])([O-])[O-].O=P([O-])([O-])[O-].O=P([O-])([O-])[O-].O=P([O-])([O-])[O-].O=P([O-])([O-])[O-].O=P([O-])([O-])[O-].O=P([O-])([O-])[O-].O=P([O-])([O-])[O-].O=P([O-])([O-])[O-].O=P([O-])([O-])[O-].[W+6].[W+6].[W+6].[Zr+4].[Zr+4].[Zr+4]. The molecule has 0 N–H and O–H groups in total. The minimum absolute atomic E-state index is 0. The molecule has 0 bridgehead atoms. The van der Waals surface area contributed by atoms with E-state index in [9.17, 15) is 0 Å². The molecule has 0 aromatic heterocycles. The molecule has 0 aliphatic heterocycles. The van der Waals surface area contributed by atoms with Gasteiger partial charge in [-0.15, -0.1) is 0 Å². The second-order valence-corrected chi connectivity index (χ2v) is 13.4. The molecule has 0 aliphatic carbocycles. The van der Waals surface area contributed by atoms with Gasteiger partial charge in [-0.2, -0.15) is 78.2 Å². The molecule has 320 valence electrons. The van der Waals surface area contributed by atoms with Crippen molar-refractivity contribution < 1.29 is 334 Å². The Morgan fingerprint density at radius 1 is 0.143 bits per heavy atom. The molecule has 0 rings (SSSR count). The molecule has 0 aliphatic rings. The maximum absolute atomic E-state index is 8.55. The summed E-state index contributed by atoms with van der Waals surface area (Å²) in [5, 5.41) is 0. The second kappa shape index (κ2) is 50.2. The molecule has 0 spiro atoms. The van der Waals surface area contributed by atoms with Crippen molar-refractivity contribution >= 4 is 78.2 Å². The molecule has 0 saturated heterocycles. The normalized spacial score (nSPS) is 10.5. The third-order valence-electron chi connectivity index (χ3n) is 0. The zero-order valence-electron chi connectivity index (χ0n) is 23.5. The zero-order valence-corrected chi connectivity index (χ0v) is 48.6. The van der Waals surface area contributed by atoms with Crippen LogP contribution in [-0.4, -0.2) is 0 Å². The van der Waals surface area contributed by atoms with Crippen molar-refractivity contribution in [1.29, 1.82) is 0 Å². The van der Waals surface area contributed by atoms with Crippen LogP contribution in [0.2, 0.25) is 0 Å². The average Bonchev–Trinajstić information content (AvgIpc) is 2.34. The molecule has 0 unspecified atom stereocenters. The van der Waals surface area contributed by atoms with Crippen LogP contribution in [0.5, 0.6) is 0 Å². The Bertz CT molecular complexity index is 864. The molecule has 0 amide bonds. The maximum Gasteiger partial charge on any atom is 6.00 e. The fourth-order valence-corrected chi connectivity index (χ4v) is 0. The van der Waals surface area contributed by atoms with E-state index in [4.69, 9.17) is 192 Å². The van der Waals surface area contributed by atoms with Crippen LogP contribution >= 0.6 is 78.2 Å². The van der Waals surface area contributed by atoms with Crippen LogP contribution in [0.25, 0.3) is 0 Å². The molecular weight excluding hydrogens is 1770 g/mol. The van der Waals surface area contributed by atoms with E-state index in [0.29, 0.717) is 0 Å². The first-order valence-corrected chi connectivity index (χ1v) is 21.9. The molecule has 56 heavy (non-hydrogen) atoms. The summed E-state index contributed by atoms with van der Waals surface area (Å²) in [5.74, 6) is 0. The minimum Gasteiger partial charge on any atom is -0.822 e. The van der Waals surface area contributed by atoms with Gasteiger partial charge in [-0.1, -0.05) is 0 Å². The monoisotopic (exact) mass is 1770 g/mol. The van der Waals surface area contributed by atoms with Gasteiger partial charge in [0.2, 0.25) is 0 Å². The molecule has 0 aromatic rings. The summed E-state index contributed by atoms with van der Waals surface area (Å²) in [6.07, 6.45) is 0. The maximum atomic E-state index is 8.55. The van der Waals surface area contributed by atoms with E-state index in [1.807, 2.05) is 0 Å². The van der Waals surface area contributed by atoms with Gasteiger partial charge in [-0.3, -0.25) is 0 Å². The first kappa shape index (κ1) is 109. The van der Waals surface area contributed by atoms with Crippen molar-refractivity contribution in [2.24, 2.45) is 0 Å². The molecule has 0 radical (unpaired) electrons. The van der Waals surface area contributed by atoms with Crippen LogP contribution in [0.1, 0.15) is 0 Å². The number of rotatable bonds is 0. The quantitative estimate of drug-likeness (QED) is 0.203. The largest absolute Gasteiger partial charge is 6.00 e.